The molecule has 0 heterocycles. The number of hydrogen-bond acceptors (Lipinski definition) is 4. The van der Waals surface area contributed by atoms with Gasteiger partial charge in [0.05, 0.1) is 13.0 Å². The Kier molecular flexibility index (Phi) is 7.40. The van der Waals surface area contributed by atoms with E-state index in [1.807, 2.05) is 13.8 Å². The van der Waals surface area contributed by atoms with Gasteiger partial charge in [-0.1, -0.05) is 13.8 Å². The summed E-state index contributed by atoms with van der Waals surface area (Å²) >= 11 is 0. The summed E-state index contributed by atoms with van der Waals surface area (Å²) in [6, 6.07) is -0.975. The van der Waals surface area contributed by atoms with E-state index < -0.39 is 23.8 Å². The molecule has 0 spiro atoms. The molecule has 7 heteroatoms. The first-order valence-electron chi connectivity index (χ1n) is 6.00. The van der Waals surface area contributed by atoms with Gasteiger partial charge in [-0.3, -0.25) is 14.4 Å². The molecule has 0 aliphatic carbocycles. The average molecular weight is 272 g/mol. The first kappa shape index (κ1) is 17.1. The second kappa shape index (κ2) is 8.23. The van der Waals surface area contributed by atoms with Crippen LogP contribution in [0.3, 0.4) is 0 Å². The molecule has 0 saturated heterocycles. The van der Waals surface area contributed by atoms with Crippen molar-refractivity contribution < 1.29 is 24.3 Å². The van der Waals surface area contributed by atoms with Gasteiger partial charge in [0.15, 0.2) is 0 Å². The zero-order chi connectivity index (χ0) is 15.0. The second-order valence-corrected chi connectivity index (χ2v) is 4.74. The number of ketones is 1. The van der Waals surface area contributed by atoms with Gasteiger partial charge < -0.3 is 15.7 Å². The molecule has 0 aromatic carbocycles. The molecular weight excluding hydrogens is 252 g/mol. The van der Waals surface area contributed by atoms with Crippen LogP contribution in [0.15, 0.2) is 0 Å². The van der Waals surface area contributed by atoms with E-state index in [4.69, 9.17) is 5.11 Å². The van der Waals surface area contributed by atoms with Crippen LogP contribution < -0.4 is 10.6 Å². The predicted molar refractivity (Wildman–Crippen MR) is 67.3 cm³/mol. The van der Waals surface area contributed by atoms with E-state index >= 15 is 0 Å². The summed E-state index contributed by atoms with van der Waals surface area (Å²) < 4.78 is 0. The number of aliphatic carboxylic acids is 1. The van der Waals surface area contributed by atoms with Crippen molar-refractivity contribution in [3.05, 3.63) is 0 Å². The number of carboxylic acid groups (broad SMARTS) is 1. The highest BCUT2D eigenvalue weighted by molar-refractivity contribution is 5.98. The number of carbonyl (C=O) groups is 4. The van der Waals surface area contributed by atoms with Crippen LogP contribution in [0.2, 0.25) is 0 Å². The lowest BCUT2D eigenvalue weighted by Crippen LogP contribution is -2.46. The third kappa shape index (κ3) is 8.76. The molecule has 0 fully saturated rings. The molecule has 0 aliphatic heterocycles. The first-order chi connectivity index (χ1) is 8.72. The van der Waals surface area contributed by atoms with Crippen LogP contribution >= 0.6 is 0 Å². The quantitative estimate of drug-likeness (QED) is 0.525. The lowest BCUT2D eigenvalue weighted by Gasteiger charge is -2.16. The molecule has 0 bridgehead atoms. The molecule has 0 aliphatic rings. The summed E-state index contributed by atoms with van der Waals surface area (Å²) in [5, 5.41) is 13.5. The molecule has 0 radical (unpaired) electrons. The van der Waals surface area contributed by atoms with Crippen LogP contribution in [0.1, 0.15) is 33.6 Å². The van der Waals surface area contributed by atoms with Crippen LogP contribution in [0.4, 0.5) is 0 Å². The number of hydrogen-bond donors (Lipinski definition) is 3. The summed E-state index contributed by atoms with van der Waals surface area (Å²) in [5.74, 6) is -2.45. The van der Waals surface area contributed by atoms with Gasteiger partial charge in [-0.15, -0.1) is 0 Å². The maximum absolute atomic E-state index is 11.5. The van der Waals surface area contributed by atoms with Crippen molar-refractivity contribution in [3.63, 3.8) is 0 Å². The van der Waals surface area contributed by atoms with E-state index in [1.165, 1.54) is 6.92 Å². The summed E-state index contributed by atoms with van der Waals surface area (Å²) in [4.78, 5) is 44.1. The molecule has 19 heavy (non-hydrogen) atoms. The maximum Gasteiger partial charge on any atom is 0.326 e. The van der Waals surface area contributed by atoms with E-state index in [-0.39, 0.29) is 24.7 Å². The number of amides is 2. The normalized spacial score (nSPS) is 11.8. The fourth-order valence-corrected chi connectivity index (χ4v) is 1.41. The third-order valence-corrected chi connectivity index (χ3v) is 2.20. The minimum absolute atomic E-state index is 0.119. The van der Waals surface area contributed by atoms with Crippen molar-refractivity contribution in [2.24, 2.45) is 5.92 Å². The standard InChI is InChI=1S/C12H20N2O5/c1-7(2)4-9(12(18)19)14-11(17)6-13-10(16)5-8(3)15/h7,9H,4-6H2,1-3H3,(H,13,16)(H,14,17)(H,18,19)/t9-/m1/s1. The zero-order valence-electron chi connectivity index (χ0n) is 11.4. The van der Waals surface area contributed by atoms with E-state index in [0.29, 0.717) is 6.42 Å². The van der Waals surface area contributed by atoms with E-state index in [1.54, 1.807) is 0 Å². The van der Waals surface area contributed by atoms with Crippen molar-refractivity contribution in [1.82, 2.24) is 10.6 Å². The highest BCUT2D eigenvalue weighted by atomic mass is 16.4. The topological polar surface area (TPSA) is 113 Å². The molecular formula is C12H20N2O5. The van der Waals surface area contributed by atoms with E-state index in [0.717, 1.165) is 0 Å². The van der Waals surface area contributed by atoms with Gasteiger partial charge >= 0.3 is 5.97 Å². The Labute approximate surface area is 111 Å². The summed E-state index contributed by atoms with van der Waals surface area (Å²) in [5.41, 5.74) is 0. The Hall–Kier alpha value is -1.92. The second-order valence-electron chi connectivity index (χ2n) is 4.74. The molecule has 0 aromatic heterocycles. The smallest absolute Gasteiger partial charge is 0.326 e. The number of Topliss-reactive ketones (excluding diaryl/α,β-unsaturated/α-hetero) is 1. The lowest BCUT2D eigenvalue weighted by atomic mass is 10.0. The largest absolute Gasteiger partial charge is 0.480 e. The molecule has 2 amide bonds. The Morgan fingerprint density at radius 2 is 1.68 bits per heavy atom. The van der Waals surface area contributed by atoms with Crippen molar-refractivity contribution in [2.75, 3.05) is 6.54 Å². The van der Waals surface area contributed by atoms with Gasteiger partial charge in [-0.2, -0.15) is 0 Å². The molecule has 1 atom stereocenters. The molecule has 0 saturated carbocycles. The number of carboxylic acids is 1. The van der Waals surface area contributed by atoms with Crippen LogP contribution in [0.25, 0.3) is 0 Å². The predicted octanol–water partition coefficient (Wildman–Crippen LogP) is -0.303. The van der Waals surface area contributed by atoms with Crippen molar-refractivity contribution in [3.8, 4) is 0 Å². The Morgan fingerprint density at radius 3 is 2.11 bits per heavy atom. The average Bonchev–Trinajstić information content (AvgIpc) is 2.23. The fraction of sp³-hybridized carbons (Fsp3) is 0.667. The minimum Gasteiger partial charge on any atom is -0.480 e. The van der Waals surface area contributed by atoms with Gasteiger partial charge in [0, 0.05) is 0 Å². The number of nitrogens with one attached hydrogen (secondary N) is 2. The highest BCUT2D eigenvalue weighted by Gasteiger charge is 2.21. The van der Waals surface area contributed by atoms with Crippen molar-refractivity contribution in [1.29, 1.82) is 0 Å². The fourth-order valence-electron chi connectivity index (χ4n) is 1.41. The summed E-state index contributed by atoms with van der Waals surface area (Å²) in [7, 11) is 0. The highest BCUT2D eigenvalue weighted by Crippen LogP contribution is 2.04. The molecule has 0 unspecified atom stereocenters. The summed E-state index contributed by atoms with van der Waals surface area (Å²) in [6.45, 7) is 4.62. The van der Waals surface area contributed by atoms with Crippen LogP contribution in [-0.2, 0) is 19.2 Å². The van der Waals surface area contributed by atoms with Gasteiger partial charge in [0.1, 0.15) is 11.8 Å². The van der Waals surface area contributed by atoms with Crippen LogP contribution in [0, 0.1) is 5.92 Å². The van der Waals surface area contributed by atoms with Gasteiger partial charge in [0.2, 0.25) is 11.8 Å². The Morgan fingerprint density at radius 1 is 1.11 bits per heavy atom. The Balaban J connectivity index is 4.17. The van der Waals surface area contributed by atoms with Crippen molar-refractivity contribution >= 4 is 23.6 Å². The molecule has 7 nitrogen and oxygen atoms in total. The number of carbonyl (C=O) groups excluding carboxylic acids is 3. The molecule has 3 N–H and O–H groups in total. The minimum atomic E-state index is -1.11. The van der Waals surface area contributed by atoms with Crippen LogP contribution in [-0.4, -0.2) is 41.3 Å². The first-order valence-corrected chi connectivity index (χ1v) is 6.00. The lowest BCUT2D eigenvalue weighted by molar-refractivity contribution is -0.142. The number of rotatable bonds is 8. The molecule has 108 valence electrons. The SMILES string of the molecule is CC(=O)CC(=O)NCC(=O)N[C@H](CC(C)C)C(=O)O. The van der Waals surface area contributed by atoms with Crippen LogP contribution in [0.5, 0.6) is 0 Å². The van der Waals surface area contributed by atoms with E-state index in [9.17, 15) is 19.2 Å². The maximum atomic E-state index is 11.5. The van der Waals surface area contributed by atoms with Gasteiger partial charge in [-0.05, 0) is 19.3 Å². The molecule has 0 rings (SSSR count). The Bertz CT molecular complexity index is 365. The monoisotopic (exact) mass is 272 g/mol. The molecule has 0 aromatic rings. The van der Waals surface area contributed by atoms with Gasteiger partial charge in [0.25, 0.3) is 0 Å². The zero-order valence-corrected chi connectivity index (χ0v) is 11.4. The third-order valence-electron chi connectivity index (χ3n) is 2.20. The van der Waals surface area contributed by atoms with Gasteiger partial charge in [-0.25, -0.2) is 4.79 Å². The van der Waals surface area contributed by atoms with Crippen molar-refractivity contribution in [2.45, 2.75) is 39.7 Å². The van der Waals surface area contributed by atoms with E-state index in [2.05, 4.69) is 10.6 Å². The summed E-state index contributed by atoms with van der Waals surface area (Å²) in [6.07, 6.45) is 0.0180.